The minimum Gasteiger partial charge on any atom is -0.316 e. The van der Waals surface area contributed by atoms with Crippen molar-refractivity contribution in [1.29, 1.82) is 0 Å². The lowest BCUT2D eigenvalue weighted by Gasteiger charge is -2.33. The quantitative estimate of drug-likeness (QED) is 0.635. The van der Waals surface area contributed by atoms with E-state index < -0.39 is 0 Å². The summed E-state index contributed by atoms with van der Waals surface area (Å²) in [6.45, 7) is 9.12. The molecule has 0 fully saturated rings. The van der Waals surface area contributed by atoms with E-state index in [2.05, 4.69) is 43.6 Å². The van der Waals surface area contributed by atoms with Crippen molar-refractivity contribution in [2.45, 2.75) is 58.3 Å². The third-order valence-corrected chi connectivity index (χ3v) is 4.51. The molecule has 0 aromatic carbocycles. The molecule has 1 heterocycles. The molecule has 17 heavy (non-hydrogen) atoms. The summed E-state index contributed by atoms with van der Waals surface area (Å²) < 4.78 is 0. The van der Waals surface area contributed by atoms with E-state index in [0.29, 0.717) is 5.41 Å². The molecule has 1 rings (SSSR count). The first-order valence-electron chi connectivity index (χ1n) is 7.03. The Morgan fingerprint density at radius 1 is 1.12 bits per heavy atom. The number of rotatable bonds is 9. The molecule has 0 unspecified atom stereocenters. The van der Waals surface area contributed by atoms with Gasteiger partial charge in [-0.25, -0.2) is 0 Å². The highest BCUT2D eigenvalue weighted by atomic mass is 32.1. The second-order valence-corrected chi connectivity index (χ2v) is 5.88. The molecule has 0 spiro atoms. The van der Waals surface area contributed by atoms with Crippen molar-refractivity contribution < 1.29 is 0 Å². The molecule has 0 bridgehead atoms. The van der Waals surface area contributed by atoms with Crippen molar-refractivity contribution in [3.8, 4) is 0 Å². The second kappa shape index (κ2) is 7.88. The second-order valence-electron chi connectivity index (χ2n) is 4.93. The minimum absolute atomic E-state index is 0.382. The number of hydrogen-bond donors (Lipinski definition) is 1. The van der Waals surface area contributed by atoms with E-state index in [9.17, 15) is 0 Å². The van der Waals surface area contributed by atoms with Gasteiger partial charge in [0.15, 0.2) is 0 Å². The monoisotopic (exact) mass is 253 g/mol. The molecule has 0 aliphatic rings. The fourth-order valence-electron chi connectivity index (χ4n) is 2.68. The van der Waals surface area contributed by atoms with Crippen LogP contribution in [-0.4, -0.2) is 13.1 Å². The largest absolute Gasteiger partial charge is 0.316 e. The molecule has 0 saturated carbocycles. The molecule has 0 amide bonds. The van der Waals surface area contributed by atoms with Gasteiger partial charge in [0, 0.05) is 16.8 Å². The zero-order valence-corrected chi connectivity index (χ0v) is 12.4. The molecule has 1 aromatic heterocycles. The molecule has 0 atom stereocenters. The molecule has 0 aliphatic heterocycles. The predicted molar refractivity (Wildman–Crippen MR) is 79.0 cm³/mol. The van der Waals surface area contributed by atoms with Crippen LogP contribution in [0.2, 0.25) is 0 Å². The van der Waals surface area contributed by atoms with E-state index >= 15 is 0 Å². The summed E-state index contributed by atoms with van der Waals surface area (Å²) in [5.74, 6) is 0. The molecule has 1 aromatic rings. The van der Waals surface area contributed by atoms with Gasteiger partial charge < -0.3 is 5.32 Å². The minimum atomic E-state index is 0.382. The van der Waals surface area contributed by atoms with E-state index in [-0.39, 0.29) is 0 Å². The smallest absolute Gasteiger partial charge is 0.0171 e. The van der Waals surface area contributed by atoms with E-state index in [1.165, 1.54) is 32.1 Å². The summed E-state index contributed by atoms with van der Waals surface area (Å²) in [5, 5.41) is 5.86. The SMILES string of the molecule is CCCNCC(CCC)(CCC)c1cccs1. The first-order valence-corrected chi connectivity index (χ1v) is 7.91. The van der Waals surface area contributed by atoms with Crippen molar-refractivity contribution in [3.05, 3.63) is 22.4 Å². The molecular formula is C15H27NS. The predicted octanol–water partition coefficient (Wildman–Crippen LogP) is 4.59. The van der Waals surface area contributed by atoms with Crippen LogP contribution in [0.25, 0.3) is 0 Å². The Kier molecular flexibility index (Phi) is 6.83. The van der Waals surface area contributed by atoms with Crippen LogP contribution in [0.3, 0.4) is 0 Å². The van der Waals surface area contributed by atoms with Crippen LogP contribution >= 0.6 is 11.3 Å². The number of hydrogen-bond acceptors (Lipinski definition) is 2. The van der Waals surface area contributed by atoms with Crippen LogP contribution in [-0.2, 0) is 5.41 Å². The van der Waals surface area contributed by atoms with E-state index in [0.717, 1.165) is 13.1 Å². The Morgan fingerprint density at radius 3 is 2.29 bits per heavy atom. The highest BCUT2D eigenvalue weighted by Crippen LogP contribution is 2.36. The fraction of sp³-hybridized carbons (Fsp3) is 0.733. The van der Waals surface area contributed by atoms with E-state index in [1.807, 2.05) is 11.3 Å². The topological polar surface area (TPSA) is 12.0 Å². The van der Waals surface area contributed by atoms with Crippen molar-refractivity contribution >= 4 is 11.3 Å². The van der Waals surface area contributed by atoms with Gasteiger partial charge in [0.1, 0.15) is 0 Å². The lowest BCUT2D eigenvalue weighted by molar-refractivity contribution is 0.341. The Balaban J connectivity index is 2.79. The van der Waals surface area contributed by atoms with Gasteiger partial charge in [0.2, 0.25) is 0 Å². The van der Waals surface area contributed by atoms with Crippen molar-refractivity contribution in [2.24, 2.45) is 0 Å². The van der Waals surface area contributed by atoms with Gasteiger partial charge in [-0.2, -0.15) is 0 Å². The maximum Gasteiger partial charge on any atom is 0.0171 e. The lowest BCUT2D eigenvalue weighted by Crippen LogP contribution is -2.38. The first-order chi connectivity index (χ1) is 8.29. The molecule has 2 heteroatoms. The van der Waals surface area contributed by atoms with Crippen LogP contribution < -0.4 is 5.32 Å². The maximum atomic E-state index is 3.64. The molecule has 0 aliphatic carbocycles. The Labute approximate surface area is 111 Å². The molecule has 98 valence electrons. The summed E-state index contributed by atoms with van der Waals surface area (Å²) in [6, 6.07) is 4.52. The van der Waals surface area contributed by atoms with Crippen LogP contribution in [0.5, 0.6) is 0 Å². The average molecular weight is 253 g/mol. The van der Waals surface area contributed by atoms with Gasteiger partial charge in [-0.1, -0.05) is 39.7 Å². The summed E-state index contributed by atoms with van der Waals surface area (Å²) in [7, 11) is 0. The third kappa shape index (κ3) is 4.11. The summed E-state index contributed by atoms with van der Waals surface area (Å²) in [5.41, 5.74) is 0.382. The summed E-state index contributed by atoms with van der Waals surface area (Å²) in [4.78, 5) is 1.57. The van der Waals surface area contributed by atoms with Gasteiger partial charge >= 0.3 is 0 Å². The third-order valence-electron chi connectivity index (χ3n) is 3.39. The van der Waals surface area contributed by atoms with Gasteiger partial charge in [-0.15, -0.1) is 11.3 Å². The van der Waals surface area contributed by atoms with E-state index in [1.54, 1.807) is 4.88 Å². The summed E-state index contributed by atoms with van der Waals surface area (Å²) >= 11 is 1.93. The normalized spacial score (nSPS) is 11.9. The molecular weight excluding hydrogens is 226 g/mol. The average Bonchev–Trinajstić information content (AvgIpc) is 2.83. The van der Waals surface area contributed by atoms with Crippen LogP contribution in [0.15, 0.2) is 17.5 Å². The zero-order chi connectivity index (χ0) is 12.6. The lowest BCUT2D eigenvalue weighted by atomic mass is 9.77. The van der Waals surface area contributed by atoms with Gasteiger partial charge in [0.05, 0.1) is 0 Å². The molecule has 0 radical (unpaired) electrons. The van der Waals surface area contributed by atoms with Crippen LogP contribution in [0.1, 0.15) is 57.8 Å². The number of thiophene rings is 1. The fourth-order valence-corrected chi connectivity index (χ4v) is 3.66. The van der Waals surface area contributed by atoms with Gasteiger partial charge in [0.25, 0.3) is 0 Å². The molecule has 0 saturated heterocycles. The maximum absolute atomic E-state index is 3.64. The van der Waals surface area contributed by atoms with Crippen LogP contribution in [0, 0.1) is 0 Å². The zero-order valence-electron chi connectivity index (χ0n) is 11.6. The highest BCUT2D eigenvalue weighted by Gasteiger charge is 2.30. The first kappa shape index (κ1) is 14.7. The Morgan fingerprint density at radius 2 is 1.82 bits per heavy atom. The van der Waals surface area contributed by atoms with Crippen molar-refractivity contribution in [3.63, 3.8) is 0 Å². The van der Waals surface area contributed by atoms with Gasteiger partial charge in [-0.3, -0.25) is 0 Å². The molecule has 1 N–H and O–H groups in total. The van der Waals surface area contributed by atoms with Crippen molar-refractivity contribution in [2.75, 3.05) is 13.1 Å². The standard InChI is InChI=1S/C15H27NS/c1-4-9-15(10-5-2,13-16-11-6-3)14-8-7-12-17-14/h7-8,12,16H,4-6,9-11,13H2,1-3H3. The summed E-state index contributed by atoms with van der Waals surface area (Å²) in [6.07, 6.45) is 6.37. The van der Waals surface area contributed by atoms with E-state index in [4.69, 9.17) is 0 Å². The highest BCUT2D eigenvalue weighted by molar-refractivity contribution is 7.10. The number of nitrogens with one attached hydrogen (secondary N) is 1. The molecule has 1 nitrogen and oxygen atoms in total. The van der Waals surface area contributed by atoms with Crippen molar-refractivity contribution in [1.82, 2.24) is 5.32 Å². The Hall–Kier alpha value is -0.340. The Bertz CT molecular complexity index is 273. The van der Waals surface area contributed by atoms with Crippen LogP contribution in [0.4, 0.5) is 0 Å². The van der Waals surface area contributed by atoms with Gasteiger partial charge in [-0.05, 0) is 37.3 Å².